The lowest BCUT2D eigenvalue weighted by Gasteiger charge is -2.40. The van der Waals surface area contributed by atoms with E-state index in [0.29, 0.717) is 10.8 Å². The average molecular weight is 459 g/mol. The number of hydrogen-bond donors (Lipinski definition) is 1. The number of benzene rings is 2. The fourth-order valence-electron chi connectivity index (χ4n) is 3.59. The average Bonchev–Trinajstić information content (AvgIpc) is 2.66. The predicted octanol–water partition coefficient (Wildman–Crippen LogP) is 3.34. The number of primary amides is 1. The van der Waals surface area contributed by atoms with Gasteiger partial charge in [-0.3, -0.25) is 4.79 Å². The van der Waals surface area contributed by atoms with E-state index in [4.69, 9.17) is 22.1 Å². The van der Waals surface area contributed by atoms with E-state index in [9.17, 15) is 22.0 Å². The number of hydrogen-bond acceptors (Lipinski definition) is 4. The third-order valence-corrected chi connectivity index (χ3v) is 7.38. The van der Waals surface area contributed by atoms with E-state index < -0.39 is 37.9 Å². The number of ether oxygens (including phenoxy) is 1. The third-order valence-electron chi connectivity index (χ3n) is 5.19. The second-order valence-electron chi connectivity index (χ2n) is 7.34. The van der Waals surface area contributed by atoms with Crippen LogP contribution >= 0.6 is 11.6 Å². The second kappa shape index (κ2) is 8.87. The van der Waals surface area contributed by atoms with Crippen molar-refractivity contribution in [1.29, 1.82) is 0 Å². The Labute approximate surface area is 178 Å². The Balaban J connectivity index is 1.77. The minimum atomic E-state index is -4.37. The number of nitrogens with two attached hydrogens (primary N) is 1. The highest BCUT2D eigenvalue weighted by Crippen LogP contribution is 2.38. The maximum absolute atomic E-state index is 14.0. The van der Waals surface area contributed by atoms with Gasteiger partial charge in [0.2, 0.25) is 15.9 Å². The smallest absolute Gasteiger partial charge is 0.248 e. The highest BCUT2D eigenvalue weighted by Gasteiger charge is 2.41. The molecular weight excluding hydrogens is 438 g/mol. The van der Waals surface area contributed by atoms with Crippen LogP contribution in [0.2, 0.25) is 5.02 Å². The van der Waals surface area contributed by atoms with Gasteiger partial charge in [-0.1, -0.05) is 23.7 Å². The van der Waals surface area contributed by atoms with Crippen molar-refractivity contribution < 1.29 is 26.7 Å². The van der Waals surface area contributed by atoms with E-state index in [1.54, 1.807) is 24.3 Å². The third kappa shape index (κ3) is 4.91. The Hall–Kier alpha value is -2.23. The molecule has 0 aromatic heterocycles. The zero-order chi connectivity index (χ0) is 21.9. The van der Waals surface area contributed by atoms with Gasteiger partial charge >= 0.3 is 0 Å². The van der Waals surface area contributed by atoms with E-state index in [0.717, 1.165) is 22.5 Å². The molecule has 1 amide bonds. The first kappa shape index (κ1) is 22.5. The molecule has 6 nitrogen and oxygen atoms in total. The summed E-state index contributed by atoms with van der Waals surface area (Å²) < 4.78 is 60.4. The molecule has 0 aliphatic carbocycles. The van der Waals surface area contributed by atoms with Crippen LogP contribution in [0.4, 0.5) is 8.78 Å². The minimum absolute atomic E-state index is 0.00445. The number of piperidine rings is 1. The van der Waals surface area contributed by atoms with E-state index in [2.05, 4.69) is 0 Å². The van der Waals surface area contributed by atoms with Gasteiger partial charge < -0.3 is 10.5 Å². The SMILES string of the molecule is NC(=O)CC1(COc2cccc(Cl)c2)CCN(S(=O)(=O)c2c(F)cccc2F)CC1. The molecule has 162 valence electrons. The molecule has 2 aromatic rings. The summed E-state index contributed by atoms with van der Waals surface area (Å²) in [7, 11) is -4.37. The summed E-state index contributed by atoms with van der Waals surface area (Å²) in [6.07, 6.45) is 0.479. The summed E-state index contributed by atoms with van der Waals surface area (Å²) in [5.41, 5.74) is 4.71. The van der Waals surface area contributed by atoms with E-state index in [-0.39, 0.29) is 39.0 Å². The molecule has 1 heterocycles. The van der Waals surface area contributed by atoms with Crippen LogP contribution in [0, 0.1) is 17.0 Å². The van der Waals surface area contributed by atoms with Gasteiger partial charge in [0.15, 0.2) is 4.90 Å². The summed E-state index contributed by atoms with van der Waals surface area (Å²) in [6, 6.07) is 9.65. The first-order valence-electron chi connectivity index (χ1n) is 9.24. The van der Waals surface area contributed by atoms with Crippen LogP contribution in [0.1, 0.15) is 19.3 Å². The normalized spacial score (nSPS) is 16.9. The zero-order valence-corrected chi connectivity index (χ0v) is 17.6. The standard InChI is InChI=1S/C20H21ClF2N2O4S/c21-14-3-1-4-15(11-14)29-13-20(12-18(24)26)7-9-25(10-8-20)30(27,28)19-16(22)5-2-6-17(19)23/h1-6,11H,7-10,12-13H2,(H2,24,26). The van der Waals surface area contributed by atoms with Gasteiger partial charge in [0.25, 0.3) is 0 Å². The minimum Gasteiger partial charge on any atom is -0.493 e. The van der Waals surface area contributed by atoms with Crippen molar-refractivity contribution in [1.82, 2.24) is 4.31 Å². The fraction of sp³-hybridized carbons (Fsp3) is 0.350. The summed E-state index contributed by atoms with van der Waals surface area (Å²) in [5, 5.41) is 0.490. The van der Waals surface area contributed by atoms with E-state index >= 15 is 0 Å². The Bertz CT molecular complexity index is 1020. The molecule has 1 saturated heterocycles. The Morgan fingerprint density at radius 1 is 1.13 bits per heavy atom. The van der Waals surface area contributed by atoms with Crippen LogP contribution < -0.4 is 10.5 Å². The Morgan fingerprint density at radius 2 is 1.73 bits per heavy atom. The second-order valence-corrected chi connectivity index (χ2v) is 9.66. The molecule has 3 rings (SSSR count). The van der Waals surface area contributed by atoms with Gasteiger partial charge in [0.05, 0.1) is 6.61 Å². The molecule has 0 atom stereocenters. The predicted molar refractivity (Wildman–Crippen MR) is 108 cm³/mol. The number of sulfonamides is 1. The van der Waals surface area contributed by atoms with E-state index in [1.807, 2.05) is 0 Å². The van der Waals surface area contributed by atoms with Crippen LogP contribution in [-0.2, 0) is 14.8 Å². The van der Waals surface area contributed by atoms with Crippen molar-refractivity contribution >= 4 is 27.5 Å². The molecule has 0 bridgehead atoms. The summed E-state index contributed by atoms with van der Waals surface area (Å²) in [5.74, 6) is -2.32. The molecule has 2 aromatic carbocycles. The molecule has 1 fully saturated rings. The van der Waals surface area contributed by atoms with Gasteiger partial charge in [-0.15, -0.1) is 0 Å². The van der Waals surface area contributed by atoms with Gasteiger partial charge in [-0.05, 0) is 43.2 Å². The number of nitrogens with zero attached hydrogens (tertiary/aromatic N) is 1. The zero-order valence-electron chi connectivity index (χ0n) is 16.0. The largest absolute Gasteiger partial charge is 0.493 e. The van der Waals surface area contributed by atoms with Gasteiger partial charge in [-0.25, -0.2) is 17.2 Å². The first-order valence-corrected chi connectivity index (χ1v) is 11.1. The Kier molecular flexibility index (Phi) is 6.64. The molecule has 0 radical (unpaired) electrons. The molecular formula is C20H21ClF2N2O4S. The highest BCUT2D eigenvalue weighted by atomic mass is 35.5. The van der Waals surface area contributed by atoms with Crippen LogP contribution in [0.25, 0.3) is 0 Å². The maximum atomic E-state index is 14.0. The summed E-state index contributed by atoms with van der Waals surface area (Å²) in [4.78, 5) is 10.7. The quantitative estimate of drug-likeness (QED) is 0.689. The number of amides is 1. The Morgan fingerprint density at radius 3 is 2.30 bits per heavy atom. The molecule has 30 heavy (non-hydrogen) atoms. The van der Waals surface area contributed by atoms with E-state index in [1.165, 1.54) is 0 Å². The van der Waals surface area contributed by atoms with Crippen molar-refractivity contribution in [3.63, 3.8) is 0 Å². The fourth-order valence-corrected chi connectivity index (χ4v) is 5.32. The molecule has 2 N–H and O–H groups in total. The van der Waals surface area contributed by atoms with Gasteiger partial charge in [-0.2, -0.15) is 4.31 Å². The van der Waals surface area contributed by atoms with Crippen molar-refractivity contribution in [3.8, 4) is 5.75 Å². The van der Waals surface area contributed by atoms with Crippen molar-refractivity contribution in [2.24, 2.45) is 11.1 Å². The summed E-state index contributed by atoms with van der Waals surface area (Å²) >= 11 is 5.95. The lowest BCUT2D eigenvalue weighted by Crippen LogP contribution is -2.47. The highest BCUT2D eigenvalue weighted by molar-refractivity contribution is 7.89. The van der Waals surface area contributed by atoms with Gasteiger partial charge in [0, 0.05) is 29.9 Å². The number of carbonyl (C=O) groups excluding carboxylic acids is 1. The summed E-state index contributed by atoms with van der Waals surface area (Å²) in [6.45, 7) is 0.0722. The van der Waals surface area contributed by atoms with Crippen LogP contribution in [-0.4, -0.2) is 38.3 Å². The number of halogens is 3. The van der Waals surface area contributed by atoms with Crippen LogP contribution in [0.5, 0.6) is 5.75 Å². The first-order chi connectivity index (χ1) is 14.1. The molecule has 1 aliphatic heterocycles. The lowest BCUT2D eigenvalue weighted by molar-refractivity contribution is -0.121. The topological polar surface area (TPSA) is 89.7 Å². The van der Waals surface area contributed by atoms with Crippen molar-refractivity contribution in [2.75, 3.05) is 19.7 Å². The number of rotatable bonds is 7. The number of carbonyl (C=O) groups is 1. The monoisotopic (exact) mass is 458 g/mol. The molecule has 1 aliphatic rings. The van der Waals surface area contributed by atoms with Crippen molar-refractivity contribution in [3.05, 3.63) is 59.1 Å². The van der Waals surface area contributed by atoms with Gasteiger partial charge in [0.1, 0.15) is 17.4 Å². The van der Waals surface area contributed by atoms with Crippen LogP contribution in [0.15, 0.2) is 47.4 Å². The molecule has 0 saturated carbocycles. The van der Waals surface area contributed by atoms with Crippen LogP contribution in [0.3, 0.4) is 0 Å². The lowest BCUT2D eigenvalue weighted by atomic mass is 9.76. The maximum Gasteiger partial charge on any atom is 0.248 e. The molecule has 0 spiro atoms. The molecule has 10 heteroatoms. The molecule has 0 unspecified atom stereocenters. The van der Waals surface area contributed by atoms with Crippen molar-refractivity contribution in [2.45, 2.75) is 24.2 Å².